The molecule has 1 saturated carbocycles. The molecule has 2 rings (SSSR count). The largest absolute Gasteiger partial charge is 0.461 e. The van der Waals surface area contributed by atoms with Gasteiger partial charge in [0.25, 0.3) is 0 Å². The number of hydrogen-bond acceptors (Lipinski definition) is 3. The van der Waals surface area contributed by atoms with Crippen LogP contribution in [0.2, 0.25) is 5.82 Å². The van der Waals surface area contributed by atoms with Crippen LogP contribution in [-0.4, -0.2) is 24.1 Å². The van der Waals surface area contributed by atoms with Crippen LogP contribution in [0.3, 0.4) is 0 Å². The van der Waals surface area contributed by atoms with Gasteiger partial charge in [-0.25, -0.2) is 0 Å². The summed E-state index contributed by atoms with van der Waals surface area (Å²) >= 11 is 0. The van der Waals surface area contributed by atoms with Crippen molar-refractivity contribution < 1.29 is 14.1 Å². The van der Waals surface area contributed by atoms with E-state index in [0.29, 0.717) is 12.2 Å². The van der Waals surface area contributed by atoms with Gasteiger partial charge >= 0.3 is 7.12 Å². The third kappa shape index (κ3) is 2.05. The summed E-state index contributed by atoms with van der Waals surface area (Å²) in [5.74, 6) is 0.605. The summed E-state index contributed by atoms with van der Waals surface area (Å²) in [5, 5.41) is 0. The third-order valence-corrected chi connectivity index (χ3v) is 4.18. The summed E-state index contributed by atoms with van der Waals surface area (Å²) in [6.45, 7) is 8.21. The lowest BCUT2D eigenvalue weighted by Gasteiger charge is -2.32. The maximum atomic E-state index is 11.4. The summed E-state index contributed by atoms with van der Waals surface area (Å²) in [5.41, 5.74) is -0.559. The highest BCUT2D eigenvalue weighted by atomic mass is 16.7. The van der Waals surface area contributed by atoms with Gasteiger partial charge in [0.1, 0.15) is 5.78 Å². The first kappa shape index (κ1) is 12.1. The fourth-order valence-corrected chi connectivity index (χ4v) is 2.37. The molecule has 0 aromatic rings. The van der Waals surface area contributed by atoms with Crippen molar-refractivity contribution in [3.8, 4) is 0 Å². The van der Waals surface area contributed by atoms with Crippen LogP contribution in [0.25, 0.3) is 0 Å². The van der Waals surface area contributed by atoms with Gasteiger partial charge in [0.05, 0.1) is 11.2 Å². The Morgan fingerprint density at radius 1 is 1.19 bits per heavy atom. The molecule has 1 aliphatic carbocycles. The summed E-state index contributed by atoms with van der Waals surface area (Å²) in [7, 11) is -0.200. The van der Waals surface area contributed by atoms with Gasteiger partial charge in [-0.15, -0.1) is 0 Å². The second kappa shape index (κ2) is 3.85. The molecule has 2 aliphatic rings. The average molecular weight is 224 g/mol. The van der Waals surface area contributed by atoms with Crippen LogP contribution in [0.1, 0.15) is 53.4 Å². The Morgan fingerprint density at radius 3 is 2.25 bits per heavy atom. The Hall–Kier alpha value is -0.345. The molecule has 3 nitrogen and oxygen atoms in total. The Morgan fingerprint density at radius 2 is 1.75 bits per heavy atom. The lowest BCUT2D eigenvalue weighted by Crippen LogP contribution is -2.41. The molecule has 0 N–H and O–H groups in total. The molecular weight excluding hydrogens is 203 g/mol. The van der Waals surface area contributed by atoms with Crippen LogP contribution in [0.5, 0.6) is 0 Å². The van der Waals surface area contributed by atoms with Crippen molar-refractivity contribution in [3.05, 3.63) is 0 Å². The van der Waals surface area contributed by atoms with Crippen LogP contribution in [0, 0.1) is 0 Å². The molecule has 1 heterocycles. The smallest absolute Gasteiger partial charge is 0.403 e. The monoisotopic (exact) mass is 224 g/mol. The third-order valence-electron chi connectivity index (χ3n) is 4.18. The normalized spacial score (nSPS) is 33.1. The summed E-state index contributed by atoms with van der Waals surface area (Å²) < 4.78 is 12.0. The molecule has 0 spiro atoms. The van der Waals surface area contributed by atoms with Crippen LogP contribution < -0.4 is 0 Å². The van der Waals surface area contributed by atoms with Crippen molar-refractivity contribution in [1.82, 2.24) is 0 Å². The van der Waals surface area contributed by atoms with Crippen molar-refractivity contribution in [2.24, 2.45) is 0 Å². The van der Waals surface area contributed by atoms with Gasteiger partial charge in [0, 0.05) is 18.7 Å². The minimum absolute atomic E-state index is 0.200. The predicted octanol–water partition coefficient (Wildman–Crippen LogP) is 2.59. The molecule has 1 aliphatic heterocycles. The van der Waals surface area contributed by atoms with Crippen molar-refractivity contribution >= 4 is 12.9 Å². The predicted molar refractivity (Wildman–Crippen MR) is 63.3 cm³/mol. The van der Waals surface area contributed by atoms with E-state index in [-0.39, 0.29) is 24.1 Å². The number of ketones is 1. The van der Waals surface area contributed by atoms with E-state index in [4.69, 9.17) is 9.31 Å². The lowest BCUT2D eigenvalue weighted by molar-refractivity contribution is -0.120. The minimum Gasteiger partial charge on any atom is -0.403 e. The number of carbonyl (C=O) groups is 1. The van der Waals surface area contributed by atoms with Gasteiger partial charge < -0.3 is 9.31 Å². The quantitative estimate of drug-likeness (QED) is 0.642. The Bertz CT molecular complexity index is 283. The lowest BCUT2D eigenvalue weighted by atomic mass is 9.64. The zero-order valence-electron chi connectivity index (χ0n) is 10.7. The highest BCUT2D eigenvalue weighted by Crippen LogP contribution is 2.43. The molecule has 0 radical (unpaired) electrons. The molecule has 1 saturated heterocycles. The molecule has 1 atom stereocenters. The number of carbonyl (C=O) groups excluding carboxylic acids is 1. The Labute approximate surface area is 98.0 Å². The van der Waals surface area contributed by atoms with Crippen LogP contribution in [-0.2, 0) is 14.1 Å². The van der Waals surface area contributed by atoms with E-state index in [1.807, 2.05) is 0 Å². The number of Topliss-reactive ketones (excluding diaryl/α,β-unsaturated/α-hetero) is 1. The number of rotatable bonds is 1. The number of hydrogen-bond donors (Lipinski definition) is 0. The minimum atomic E-state index is -0.280. The standard InChI is InChI=1S/C12H21BO3/c1-11(2)12(3,4)16-13(15-11)9-6-5-7-10(14)8-9/h9H,5-8H2,1-4H3. The van der Waals surface area contributed by atoms with Gasteiger partial charge in [0.15, 0.2) is 0 Å². The van der Waals surface area contributed by atoms with Crippen molar-refractivity contribution in [2.45, 2.75) is 70.4 Å². The Balaban J connectivity index is 2.05. The van der Waals surface area contributed by atoms with Crippen molar-refractivity contribution in [2.75, 3.05) is 0 Å². The molecule has 16 heavy (non-hydrogen) atoms. The summed E-state index contributed by atoms with van der Waals surface area (Å²) in [4.78, 5) is 11.4. The van der Waals surface area contributed by atoms with Crippen molar-refractivity contribution in [1.29, 1.82) is 0 Å². The molecule has 1 unspecified atom stereocenters. The zero-order valence-corrected chi connectivity index (χ0v) is 10.7. The first-order valence-corrected chi connectivity index (χ1v) is 6.19. The van der Waals surface area contributed by atoms with Gasteiger partial charge in [0.2, 0.25) is 0 Å². The molecule has 0 aromatic heterocycles. The SMILES string of the molecule is CC1(C)OB(C2CCCC(=O)C2)OC1(C)C. The molecule has 4 heteroatoms. The Kier molecular flexibility index (Phi) is 2.91. The van der Waals surface area contributed by atoms with Crippen LogP contribution >= 0.6 is 0 Å². The first-order chi connectivity index (χ1) is 7.32. The molecular formula is C12H21BO3. The molecule has 2 fully saturated rings. The van der Waals surface area contributed by atoms with E-state index in [0.717, 1.165) is 19.3 Å². The van der Waals surface area contributed by atoms with Crippen LogP contribution in [0.15, 0.2) is 0 Å². The van der Waals surface area contributed by atoms with Gasteiger partial charge in [-0.2, -0.15) is 0 Å². The maximum absolute atomic E-state index is 11.4. The van der Waals surface area contributed by atoms with E-state index in [2.05, 4.69) is 27.7 Å². The van der Waals surface area contributed by atoms with Crippen molar-refractivity contribution in [3.63, 3.8) is 0 Å². The zero-order chi connectivity index (χ0) is 12.0. The molecule has 90 valence electrons. The fraction of sp³-hybridized carbons (Fsp3) is 0.917. The van der Waals surface area contributed by atoms with E-state index in [9.17, 15) is 4.79 Å². The highest BCUT2D eigenvalue weighted by molar-refractivity contribution is 6.48. The second-order valence-electron chi connectivity index (χ2n) is 6.02. The summed E-state index contributed by atoms with van der Waals surface area (Å²) in [6.07, 6.45) is 3.38. The van der Waals surface area contributed by atoms with E-state index in [1.165, 1.54) is 0 Å². The van der Waals surface area contributed by atoms with Gasteiger partial charge in [-0.05, 0) is 34.1 Å². The molecule has 0 aromatic carbocycles. The van der Waals surface area contributed by atoms with Crippen LogP contribution in [0.4, 0.5) is 0 Å². The maximum Gasteiger partial charge on any atom is 0.461 e. The first-order valence-electron chi connectivity index (χ1n) is 6.19. The fourth-order valence-electron chi connectivity index (χ4n) is 2.37. The van der Waals surface area contributed by atoms with E-state index >= 15 is 0 Å². The van der Waals surface area contributed by atoms with E-state index in [1.54, 1.807) is 0 Å². The molecule has 0 bridgehead atoms. The molecule has 0 amide bonds. The topological polar surface area (TPSA) is 35.5 Å². The highest BCUT2D eigenvalue weighted by Gasteiger charge is 2.53. The summed E-state index contributed by atoms with van der Waals surface area (Å²) in [6, 6.07) is 0. The van der Waals surface area contributed by atoms with Gasteiger partial charge in [-0.3, -0.25) is 4.79 Å². The van der Waals surface area contributed by atoms with Gasteiger partial charge in [-0.1, -0.05) is 6.42 Å². The average Bonchev–Trinajstić information content (AvgIpc) is 2.36. The second-order valence-corrected chi connectivity index (χ2v) is 6.02. The van der Waals surface area contributed by atoms with E-state index < -0.39 is 0 Å².